The van der Waals surface area contributed by atoms with Gasteiger partial charge in [0.2, 0.25) is 0 Å². The molecule has 0 aromatic carbocycles. The molecule has 5 nitrogen and oxygen atoms in total. The first-order chi connectivity index (χ1) is 6.77. The lowest BCUT2D eigenvalue weighted by Gasteiger charge is -2.18. The van der Waals surface area contributed by atoms with Crippen molar-refractivity contribution in [3.8, 4) is 0 Å². The van der Waals surface area contributed by atoms with Gasteiger partial charge >= 0.3 is 5.97 Å². The maximum absolute atomic E-state index is 10.9. The van der Waals surface area contributed by atoms with Crippen LogP contribution in [-0.2, 0) is 11.3 Å². The molecule has 0 amide bonds. The number of nitrogens with zero attached hydrogens (tertiary/aromatic N) is 2. The lowest BCUT2D eigenvalue weighted by molar-refractivity contribution is -0.142. The number of aromatic nitrogens is 1. The number of aliphatic carboxylic acids is 1. The molecule has 1 aliphatic rings. The van der Waals surface area contributed by atoms with E-state index in [9.17, 15) is 4.79 Å². The lowest BCUT2D eigenvalue weighted by Crippen LogP contribution is -2.35. The molecule has 0 saturated carbocycles. The van der Waals surface area contributed by atoms with Crippen LogP contribution in [0, 0.1) is 0 Å². The van der Waals surface area contributed by atoms with Gasteiger partial charge < -0.3 is 9.63 Å². The van der Waals surface area contributed by atoms with Crippen molar-refractivity contribution >= 4 is 18.4 Å². The highest BCUT2D eigenvalue weighted by Gasteiger charge is 2.30. The molecule has 6 heteroatoms. The van der Waals surface area contributed by atoms with E-state index in [1.807, 2.05) is 4.90 Å². The van der Waals surface area contributed by atoms with Crippen LogP contribution in [0.25, 0.3) is 0 Å². The highest BCUT2D eigenvalue weighted by atomic mass is 35.5. The number of carboxylic acids is 1. The van der Waals surface area contributed by atoms with Crippen molar-refractivity contribution in [1.82, 2.24) is 10.1 Å². The first-order valence-electron chi connectivity index (χ1n) is 4.64. The quantitative estimate of drug-likeness (QED) is 0.847. The average Bonchev–Trinajstić information content (AvgIpc) is 2.75. The molecule has 0 radical (unpaired) electrons. The van der Waals surface area contributed by atoms with Crippen molar-refractivity contribution in [1.29, 1.82) is 0 Å². The second-order valence-electron chi connectivity index (χ2n) is 3.45. The number of rotatable bonds is 3. The van der Waals surface area contributed by atoms with Crippen LogP contribution in [0.2, 0.25) is 0 Å². The van der Waals surface area contributed by atoms with Gasteiger partial charge in [-0.2, -0.15) is 0 Å². The topological polar surface area (TPSA) is 66.6 Å². The standard InChI is InChI=1S/C9H12N2O3.ClH/c12-9(13)8-2-1-5-11(8)6-7-3-4-10-14-7;/h3-4,8H,1-2,5-6H2,(H,12,13);1H/t8-;/m0./s1. The largest absolute Gasteiger partial charge is 0.480 e. The summed E-state index contributed by atoms with van der Waals surface area (Å²) in [6, 6.07) is 1.40. The van der Waals surface area contributed by atoms with Gasteiger partial charge in [-0.05, 0) is 19.4 Å². The third-order valence-electron chi connectivity index (χ3n) is 2.50. The lowest BCUT2D eigenvalue weighted by atomic mass is 10.2. The van der Waals surface area contributed by atoms with Gasteiger partial charge in [0, 0.05) is 6.07 Å². The van der Waals surface area contributed by atoms with E-state index in [2.05, 4.69) is 5.16 Å². The highest BCUT2D eigenvalue weighted by molar-refractivity contribution is 5.85. The van der Waals surface area contributed by atoms with E-state index >= 15 is 0 Å². The number of hydrogen-bond acceptors (Lipinski definition) is 4. The van der Waals surface area contributed by atoms with Gasteiger partial charge in [0.25, 0.3) is 0 Å². The van der Waals surface area contributed by atoms with E-state index in [1.165, 1.54) is 0 Å². The van der Waals surface area contributed by atoms with Crippen LogP contribution in [0.1, 0.15) is 18.6 Å². The van der Waals surface area contributed by atoms with E-state index in [4.69, 9.17) is 9.63 Å². The molecule has 1 aliphatic heterocycles. The maximum atomic E-state index is 10.9. The van der Waals surface area contributed by atoms with Crippen molar-refractivity contribution < 1.29 is 14.4 Å². The zero-order valence-corrected chi connectivity index (χ0v) is 8.94. The van der Waals surface area contributed by atoms with Crippen LogP contribution >= 0.6 is 12.4 Å². The smallest absolute Gasteiger partial charge is 0.320 e. The summed E-state index contributed by atoms with van der Waals surface area (Å²) in [7, 11) is 0. The van der Waals surface area contributed by atoms with Gasteiger partial charge in [-0.3, -0.25) is 9.69 Å². The molecule has 2 rings (SSSR count). The molecule has 1 atom stereocenters. The van der Waals surface area contributed by atoms with Crippen LogP contribution in [0.5, 0.6) is 0 Å². The predicted molar refractivity (Wildman–Crippen MR) is 54.8 cm³/mol. The number of halogens is 1. The van der Waals surface area contributed by atoms with Crippen molar-refractivity contribution in [2.24, 2.45) is 0 Å². The number of carbonyl (C=O) groups is 1. The zero-order chi connectivity index (χ0) is 9.97. The summed E-state index contributed by atoms with van der Waals surface area (Å²) >= 11 is 0. The monoisotopic (exact) mass is 232 g/mol. The molecule has 0 bridgehead atoms. The summed E-state index contributed by atoms with van der Waals surface area (Å²) in [6.07, 6.45) is 3.23. The minimum atomic E-state index is -0.748. The van der Waals surface area contributed by atoms with Crippen molar-refractivity contribution in [3.05, 3.63) is 18.0 Å². The molecule has 1 saturated heterocycles. The Hall–Kier alpha value is -1.07. The second kappa shape index (κ2) is 5.14. The molecule has 0 spiro atoms. The summed E-state index contributed by atoms with van der Waals surface area (Å²) < 4.78 is 4.94. The molecule has 1 fully saturated rings. The van der Waals surface area contributed by atoms with Crippen molar-refractivity contribution in [2.75, 3.05) is 6.54 Å². The zero-order valence-electron chi connectivity index (χ0n) is 8.13. The fourth-order valence-corrected chi connectivity index (χ4v) is 1.82. The number of likely N-dealkylation sites (tertiary alicyclic amines) is 1. The molecule has 15 heavy (non-hydrogen) atoms. The van der Waals surface area contributed by atoms with Gasteiger partial charge in [-0.1, -0.05) is 5.16 Å². The maximum Gasteiger partial charge on any atom is 0.320 e. The van der Waals surface area contributed by atoms with E-state index in [1.54, 1.807) is 12.3 Å². The Labute approximate surface area is 93.4 Å². The summed E-state index contributed by atoms with van der Waals surface area (Å²) in [5.74, 6) is -0.0276. The van der Waals surface area contributed by atoms with E-state index in [-0.39, 0.29) is 18.4 Å². The molecular formula is C9H13ClN2O3. The first-order valence-corrected chi connectivity index (χ1v) is 4.64. The first kappa shape index (κ1) is 12.0. The third-order valence-corrected chi connectivity index (χ3v) is 2.50. The summed E-state index contributed by atoms with van der Waals surface area (Å²) in [5.41, 5.74) is 0. The minimum absolute atomic E-state index is 0. The van der Waals surface area contributed by atoms with E-state index in [0.717, 1.165) is 25.1 Å². The van der Waals surface area contributed by atoms with Crippen molar-refractivity contribution in [2.45, 2.75) is 25.4 Å². The average molecular weight is 233 g/mol. The normalized spacial score (nSPS) is 21.2. The van der Waals surface area contributed by atoms with Gasteiger partial charge in [0.1, 0.15) is 6.04 Å². The van der Waals surface area contributed by atoms with Crippen LogP contribution in [-0.4, -0.2) is 33.7 Å². The fourth-order valence-electron chi connectivity index (χ4n) is 1.82. The summed E-state index contributed by atoms with van der Waals surface area (Å²) in [5, 5.41) is 12.5. The molecule has 84 valence electrons. The Morgan fingerprint density at radius 2 is 2.53 bits per heavy atom. The SMILES string of the molecule is Cl.O=C(O)[C@@H]1CCCN1Cc1ccno1. The van der Waals surface area contributed by atoms with Crippen molar-refractivity contribution in [3.63, 3.8) is 0 Å². The Bertz CT molecular complexity index is 315. The van der Waals surface area contributed by atoms with Gasteiger partial charge in [-0.15, -0.1) is 12.4 Å². The molecular weight excluding hydrogens is 220 g/mol. The Balaban J connectivity index is 0.00000112. The molecule has 1 aromatic heterocycles. The number of carboxylic acid groups (broad SMARTS) is 1. The molecule has 1 N–H and O–H groups in total. The minimum Gasteiger partial charge on any atom is -0.480 e. The molecule has 2 heterocycles. The summed E-state index contributed by atoms with van der Waals surface area (Å²) in [4.78, 5) is 12.8. The van der Waals surface area contributed by atoms with Gasteiger partial charge in [-0.25, -0.2) is 0 Å². The van der Waals surface area contributed by atoms with Crippen LogP contribution < -0.4 is 0 Å². The summed E-state index contributed by atoms with van der Waals surface area (Å²) in [6.45, 7) is 1.36. The molecule has 0 aliphatic carbocycles. The Morgan fingerprint density at radius 3 is 3.13 bits per heavy atom. The molecule has 0 unspecified atom stereocenters. The van der Waals surface area contributed by atoms with E-state index < -0.39 is 5.97 Å². The Morgan fingerprint density at radius 1 is 1.73 bits per heavy atom. The fraction of sp³-hybridized carbons (Fsp3) is 0.556. The Kier molecular flexibility index (Phi) is 4.11. The van der Waals surface area contributed by atoms with Gasteiger partial charge in [0.05, 0.1) is 12.7 Å². The van der Waals surface area contributed by atoms with Crippen LogP contribution in [0.3, 0.4) is 0 Å². The van der Waals surface area contributed by atoms with Gasteiger partial charge in [0.15, 0.2) is 5.76 Å². The third kappa shape index (κ3) is 2.70. The highest BCUT2D eigenvalue weighted by Crippen LogP contribution is 2.19. The van der Waals surface area contributed by atoms with E-state index in [0.29, 0.717) is 6.54 Å². The predicted octanol–water partition coefficient (Wildman–Crippen LogP) is 1.15. The van der Waals surface area contributed by atoms with Crippen LogP contribution in [0.15, 0.2) is 16.8 Å². The molecule has 1 aromatic rings. The second-order valence-corrected chi connectivity index (χ2v) is 3.45. The van der Waals surface area contributed by atoms with Crippen LogP contribution in [0.4, 0.5) is 0 Å². The number of hydrogen-bond donors (Lipinski definition) is 1.